The molecular weight excluding hydrogens is 178 g/mol. The van der Waals surface area contributed by atoms with Crippen LogP contribution in [-0.2, 0) is 6.54 Å². The maximum absolute atomic E-state index is 5.17. The molecule has 0 saturated carbocycles. The van der Waals surface area contributed by atoms with Crippen LogP contribution < -0.4 is 5.32 Å². The Hall–Kier alpha value is -0.870. The lowest BCUT2D eigenvalue weighted by atomic mass is 10.3. The van der Waals surface area contributed by atoms with Gasteiger partial charge in [-0.3, -0.25) is 4.90 Å². The fourth-order valence-electron chi connectivity index (χ4n) is 1.90. The Balaban J connectivity index is 1.90. The van der Waals surface area contributed by atoms with E-state index in [0.29, 0.717) is 6.04 Å². The summed E-state index contributed by atoms with van der Waals surface area (Å²) in [7, 11) is 2.02. The van der Waals surface area contributed by atoms with Crippen LogP contribution >= 0.6 is 0 Å². The van der Waals surface area contributed by atoms with Crippen LogP contribution in [-0.4, -0.2) is 36.1 Å². The predicted molar refractivity (Wildman–Crippen MR) is 54.0 cm³/mol. The van der Waals surface area contributed by atoms with Crippen LogP contribution in [0.4, 0.5) is 0 Å². The van der Waals surface area contributed by atoms with Gasteiger partial charge in [0.05, 0.1) is 5.69 Å². The lowest BCUT2D eigenvalue weighted by Crippen LogP contribution is -2.29. The molecule has 78 valence electrons. The van der Waals surface area contributed by atoms with E-state index in [2.05, 4.69) is 15.2 Å². The fraction of sp³-hybridized carbons (Fsp3) is 0.700. The predicted octanol–water partition coefficient (Wildman–Crippen LogP) is 0.777. The Labute approximate surface area is 84.3 Å². The van der Waals surface area contributed by atoms with Crippen LogP contribution in [0.15, 0.2) is 10.8 Å². The molecule has 0 amide bonds. The first-order valence-corrected chi connectivity index (χ1v) is 5.08. The highest BCUT2D eigenvalue weighted by Gasteiger charge is 2.21. The van der Waals surface area contributed by atoms with Gasteiger partial charge < -0.3 is 9.73 Å². The lowest BCUT2D eigenvalue weighted by Gasteiger charge is -2.14. The number of hydrogen-bond donors (Lipinski definition) is 1. The second-order valence-electron chi connectivity index (χ2n) is 3.86. The van der Waals surface area contributed by atoms with Gasteiger partial charge in [-0.15, -0.1) is 0 Å². The first-order chi connectivity index (χ1) is 6.79. The van der Waals surface area contributed by atoms with Gasteiger partial charge in [0.25, 0.3) is 0 Å². The van der Waals surface area contributed by atoms with E-state index in [0.717, 1.165) is 31.1 Å². The average molecular weight is 195 g/mol. The number of aromatic nitrogens is 1. The summed E-state index contributed by atoms with van der Waals surface area (Å²) < 4.78 is 5.17. The number of nitrogens with one attached hydrogen (secondary N) is 1. The molecule has 14 heavy (non-hydrogen) atoms. The molecule has 1 atom stereocenters. The SMILES string of the molecule is CNC1CCN(Cc2ncoc2C)C1. The van der Waals surface area contributed by atoms with Crippen molar-refractivity contribution in [3.8, 4) is 0 Å². The molecule has 1 N–H and O–H groups in total. The zero-order chi connectivity index (χ0) is 9.97. The molecular formula is C10H17N3O. The van der Waals surface area contributed by atoms with E-state index in [9.17, 15) is 0 Å². The molecule has 0 bridgehead atoms. The number of nitrogens with zero attached hydrogens (tertiary/aromatic N) is 2. The molecule has 1 aliphatic heterocycles. The lowest BCUT2D eigenvalue weighted by molar-refractivity contribution is 0.317. The number of aryl methyl sites for hydroxylation is 1. The van der Waals surface area contributed by atoms with E-state index in [1.807, 2.05) is 14.0 Å². The van der Waals surface area contributed by atoms with Crippen molar-refractivity contribution in [2.24, 2.45) is 0 Å². The Morgan fingerprint density at radius 2 is 2.57 bits per heavy atom. The highest BCUT2D eigenvalue weighted by atomic mass is 16.3. The van der Waals surface area contributed by atoms with Gasteiger partial charge in [0.2, 0.25) is 0 Å². The largest absolute Gasteiger partial charge is 0.448 e. The second-order valence-corrected chi connectivity index (χ2v) is 3.86. The maximum Gasteiger partial charge on any atom is 0.181 e. The summed E-state index contributed by atoms with van der Waals surface area (Å²) in [6, 6.07) is 0.641. The minimum Gasteiger partial charge on any atom is -0.448 e. The quantitative estimate of drug-likeness (QED) is 0.773. The van der Waals surface area contributed by atoms with E-state index < -0.39 is 0 Å². The van der Waals surface area contributed by atoms with Crippen LogP contribution in [0.3, 0.4) is 0 Å². The smallest absolute Gasteiger partial charge is 0.181 e. The van der Waals surface area contributed by atoms with E-state index in [4.69, 9.17) is 4.42 Å². The van der Waals surface area contributed by atoms with Crippen molar-refractivity contribution in [3.63, 3.8) is 0 Å². The van der Waals surface area contributed by atoms with Crippen molar-refractivity contribution in [3.05, 3.63) is 17.8 Å². The zero-order valence-corrected chi connectivity index (χ0v) is 8.79. The van der Waals surface area contributed by atoms with Crippen LogP contribution in [0, 0.1) is 6.92 Å². The highest BCUT2D eigenvalue weighted by Crippen LogP contribution is 2.14. The standard InChI is InChI=1S/C10H17N3O/c1-8-10(12-7-14-8)6-13-4-3-9(5-13)11-2/h7,9,11H,3-6H2,1-2H3. The molecule has 1 aromatic heterocycles. The molecule has 1 unspecified atom stereocenters. The number of hydrogen-bond acceptors (Lipinski definition) is 4. The molecule has 2 rings (SSSR count). The average Bonchev–Trinajstić information content (AvgIpc) is 2.77. The van der Waals surface area contributed by atoms with E-state index >= 15 is 0 Å². The van der Waals surface area contributed by atoms with Crippen LogP contribution in [0.25, 0.3) is 0 Å². The number of likely N-dealkylation sites (tertiary alicyclic amines) is 1. The third-order valence-electron chi connectivity index (χ3n) is 2.90. The molecule has 0 spiro atoms. The summed E-state index contributed by atoms with van der Waals surface area (Å²) in [4.78, 5) is 6.61. The molecule has 0 radical (unpaired) electrons. The Bertz CT molecular complexity index is 297. The van der Waals surface area contributed by atoms with Crippen molar-refractivity contribution < 1.29 is 4.42 Å². The van der Waals surface area contributed by atoms with Gasteiger partial charge in [-0.2, -0.15) is 0 Å². The zero-order valence-electron chi connectivity index (χ0n) is 8.79. The summed E-state index contributed by atoms with van der Waals surface area (Å²) in [5.74, 6) is 0.943. The summed E-state index contributed by atoms with van der Waals surface area (Å²) in [6.07, 6.45) is 2.75. The molecule has 1 aromatic rings. The Morgan fingerprint density at radius 3 is 3.14 bits per heavy atom. The van der Waals surface area contributed by atoms with Crippen molar-refractivity contribution in [2.45, 2.75) is 25.9 Å². The molecule has 1 saturated heterocycles. The molecule has 1 fully saturated rings. The molecule has 0 aromatic carbocycles. The minimum atomic E-state index is 0.641. The highest BCUT2D eigenvalue weighted by molar-refractivity contribution is 5.05. The van der Waals surface area contributed by atoms with E-state index in [1.165, 1.54) is 12.8 Å². The Kier molecular flexibility index (Phi) is 2.84. The van der Waals surface area contributed by atoms with E-state index in [-0.39, 0.29) is 0 Å². The van der Waals surface area contributed by atoms with Gasteiger partial charge >= 0.3 is 0 Å². The van der Waals surface area contributed by atoms with Crippen molar-refractivity contribution in [1.29, 1.82) is 0 Å². The van der Waals surface area contributed by atoms with E-state index in [1.54, 1.807) is 0 Å². The van der Waals surface area contributed by atoms with Crippen LogP contribution in [0.2, 0.25) is 0 Å². The molecule has 1 aliphatic rings. The third kappa shape index (κ3) is 1.96. The van der Waals surface area contributed by atoms with Crippen molar-refractivity contribution in [1.82, 2.24) is 15.2 Å². The maximum atomic E-state index is 5.17. The van der Waals surface area contributed by atoms with Gasteiger partial charge in [-0.05, 0) is 20.4 Å². The first kappa shape index (κ1) is 9.68. The van der Waals surface area contributed by atoms with Gasteiger partial charge in [-0.1, -0.05) is 0 Å². The van der Waals surface area contributed by atoms with Gasteiger partial charge in [0, 0.05) is 25.7 Å². The van der Waals surface area contributed by atoms with Crippen molar-refractivity contribution in [2.75, 3.05) is 20.1 Å². The van der Waals surface area contributed by atoms with Gasteiger partial charge in [0.1, 0.15) is 5.76 Å². The Morgan fingerprint density at radius 1 is 1.71 bits per heavy atom. The number of rotatable bonds is 3. The summed E-state index contributed by atoms with van der Waals surface area (Å²) in [5, 5.41) is 3.30. The minimum absolute atomic E-state index is 0.641. The molecule has 4 heteroatoms. The summed E-state index contributed by atoms with van der Waals surface area (Å²) in [6.45, 7) is 5.15. The molecule has 2 heterocycles. The summed E-state index contributed by atoms with van der Waals surface area (Å²) in [5.41, 5.74) is 1.07. The summed E-state index contributed by atoms with van der Waals surface area (Å²) >= 11 is 0. The number of oxazole rings is 1. The molecule has 0 aliphatic carbocycles. The van der Waals surface area contributed by atoms with Crippen molar-refractivity contribution >= 4 is 0 Å². The van der Waals surface area contributed by atoms with Gasteiger partial charge in [-0.25, -0.2) is 4.98 Å². The van der Waals surface area contributed by atoms with Crippen LogP contribution in [0.5, 0.6) is 0 Å². The second kappa shape index (κ2) is 4.11. The fourth-order valence-corrected chi connectivity index (χ4v) is 1.90. The third-order valence-corrected chi connectivity index (χ3v) is 2.90. The van der Waals surface area contributed by atoms with Crippen LogP contribution in [0.1, 0.15) is 17.9 Å². The van der Waals surface area contributed by atoms with Gasteiger partial charge in [0.15, 0.2) is 6.39 Å². The first-order valence-electron chi connectivity index (χ1n) is 5.08. The number of likely N-dealkylation sites (N-methyl/N-ethyl adjacent to an activating group) is 1. The monoisotopic (exact) mass is 195 g/mol. The normalized spacial score (nSPS) is 23.1. The topological polar surface area (TPSA) is 41.3 Å². The molecule has 4 nitrogen and oxygen atoms in total.